The number of anilines is 1. The van der Waals surface area contributed by atoms with Crippen molar-refractivity contribution in [3.63, 3.8) is 0 Å². The number of hydrogen-bond donors (Lipinski definition) is 3. The molecule has 39 heavy (non-hydrogen) atoms. The van der Waals surface area contributed by atoms with Gasteiger partial charge in [-0.15, -0.1) is 0 Å². The monoisotopic (exact) mass is 572 g/mol. The van der Waals surface area contributed by atoms with Crippen LogP contribution in [-0.4, -0.2) is 71.1 Å². The lowest BCUT2D eigenvalue weighted by molar-refractivity contribution is -0.133. The number of nitrogens with one attached hydrogen (secondary N) is 1. The van der Waals surface area contributed by atoms with E-state index < -0.39 is 16.1 Å². The first-order valence-corrected chi connectivity index (χ1v) is 14.5. The van der Waals surface area contributed by atoms with Gasteiger partial charge in [-0.05, 0) is 60.0 Å². The third-order valence-electron chi connectivity index (χ3n) is 6.65. The standard InChI is InChI=1S/C27H33ClN6O4S/c1-38-21-10-8-19-9-11-22(18-20(19)17-21)39(36,37)32-24(6-4-12-31-27(29)30)26(35)34-15-13-33(14-16-34)25-7-3-2-5-23(25)28/h2-3,5,7-11,17-18,24,32H,4,6,12-16H2,1H3,(H4,29,30,31)/t24-/m0/s1. The van der Waals surface area contributed by atoms with E-state index >= 15 is 0 Å². The maximum Gasteiger partial charge on any atom is 0.241 e. The predicted octanol–water partition coefficient (Wildman–Crippen LogP) is 2.55. The Morgan fingerprint density at radius 1 is 1.05 bits per heavy atom. The van der Waals surface area contributed by atoms with E-state index in [1.54, 1.807) is 30.2 Å². The smallest absolute Gasteiger partial charge is 0.241 e. The van der Waals surface area contributed by atoms with Gasteiger partial charge in [-0.3, -0.25) is 9.79 Å². The molecule has 0 aliphatic carbocycles. The van der Waals surface area contributed by atoms with Crippen molar-refractivity contribution in [1.82, 2.24) is 9.62 Å². The van der Waals surface area contributed by atoms with Crippen LogP contribution in [0.4, 0.5) is 5.69 Å². The number of ether oxygens (including phenoxy) is 1. The van der Waals surface area contributed by atoms with Gasteiger partial charge in [0, 0.05) is 32.7 Å². The number of amides is 1. The van der Waals surface area contributed by atoms with E-state index in [1.807, 2.05) is 36.4 Å². The normalized spacial score (nSPS) is 14.7. The van der Waals surface area contributed by atoms with Crippen molar-refractivity contribution in [2.24, 2.45) is 16.5 Å². The van der Waals surface area contributed by atoms with Crippen molar-refractivity contribution in [3.8, 4) is 5.75 Å². The number of benzene rings is 3. The largest absolute Gasteiger partial charge is 0.497 e. The highest BCUT2D eigenvalue weighted by atomic mass is 35.5. The molecule has 1 amide bonds. The molecule has 0 spiro atoms. The summed E-state index contributed by atoms with van der Waals surface area (Å²) in [5.74, 6) is 0.277. The molecule has 1 saturated heterocycles. The second kappa shape index (κ2) is 12.5. The lowest BCUT2D eigenvalue weighted by Gasteiger charge is -2.38. The fraction of sp³-hybridized carbons (Fsp3) is 0.333. The Bertz CT molecular complexity index is 1450. The number of methoxy groups -OCH3 is 1. The molecule has 1 atom stereocenters. The zero-order valence-electron chi connectivity index (χ0n) is 21.7. The molecule has 208 valence electrons. The summed E-state index contributed by atoms with van der Waals surface area (Å²) >= 11 is 6.35. The molecule has 12 heteroatoms. The van der Waals surface area contributed by atoms with Gasteiger partial charge in [0.1, 0.15) is 11.8 Å². The van der Waals surface area contributed by atoms with Crippen molar-refractivity contribution in [2.45, 2.75) is 23.8 Å². The van der Waals surface area contributed by atoms with Gasteiger partial charge >= 0.3 is 0 Å². The number of fused-ring (bicyclic) bond motifs is 1. The van der Waals surface area contributed by atoms with Gasteiger partial charge in [0.2, 0.25) is 15.9 Å². The molecule has 0 radical (unpaired) electrons. The Kier molecular flexibility index (Phi) is 9.16. The number of guanidine groups is 1. The maximum absolute atomic E-state index is 13.6. The van der Waals surface area contributed by atoms with Crippen LogP contribution in [0.2, 0.25) is 5.02 Å². The SMILES string of the molecule is COc1ccc2ccc(S(=O)(=O)N[C@@H](CCCN=C(N)N)C(=O)N3CCN(c4ccccc4Cl)CC3)cc2c1. The second-order valence-electron chi connectivity index (χ2n) is 9.26. The highest BCUT2D eigenvalue weighted by Gasteiger charge is 2.31. The number of piperazine rings is 1. The van der Waals surface area contributed by atoms with E-state index in [9.17, 15) is 13.2 Å². The van der Waals surface area contributed by atoms with Crippen molar-refractivity contribution in [3.05, 3.63) is 65.7 Å². The predicted molar refractivity (Wildman–Crippen MR) is 155 cm³/mol. The summed E-state index contributed by atoms with van der Waals surface area (Å²) in [5.41, 5.74) is 11.7. The molecule has 10 nitrogen and oxygen atoms in total. The van der Waals surface area contributed by atoms with Crippen molar-refractivity contribution in [2.75, 3.05) is 44.7 Å². The highest BCUT2D eigenvalue weighted by Crippen LogP contribution is 2.27. The molecule has 0 aromatic heterocycles. The number of nitrogens with zero attached hydrogens (tertiary/aromatic N) is 3. The van der Waals surface area contributed by atoms with Gasteiger partial charge in [0.05, 0.1) is 22.7 Å². The fourth-order valence-electron chi connectivity index (χ4n) is 4.59. The number of aliphatic imine (C=N–C) groups is 1. The van der Waals surface area contributed by atoms with Crippen molar-refractivity contribution < 1.29 is 17.9 Å². The maximum atomic E-state index is 13.6. The van der Waals surface area contributed by atoms with E-state index in [1.165, 1.54) is 6.07 Å². The molecule has 4 rings (SSSR count). The molecule has 1 heterocycles. The van der Waals surface area contributed by atoms with E-state index in [4.69, 9.17) is 27.8 Å². The zero-order chi connectivity index (χ0) is 28.0. The van der Waals surface area contributed by atoms with Crippen LogP contribution in [-0.2, 0) is 14.8 Å². The summed E-state index contributed by atoms with van der Waals surface area (Å²) in [4.78, 5) is 21.4. The van der Waals surface area contributed by atoms with Crippen LogP contribution in [0.15, 0.2) is 70.6 Å². The minimum absolute atomic E-state index is 0.0549. The Morgan fingerprint density at radius 2 is 1.77 bits per heavy atom. The van der Waals surface area contributed by atoms with Crippen molar-refractivity contribution in [1.29, 1.82) is 0 Å². The van der Waals surface area contributed by atoms with Gasteiger partial charge in [0.25, 0.3) is 0 Å². The molecule has 3 aromatic rings. The van der Waals surface area contributed by atoms with Crippen LogP contribution in [0.3, 0.4) is 0 Å². The van der Waals surface area contributed by atoms with Crippen LogP contribution >= 0.6 is 11.6 Å². The number of nitrogens with two attached hydrogens (primary N) is 2. The molecular weight excluding hydrogens is 540 g/mol. The average molecular weight is 573 g/mol. The molecule has 0 bridgehead atoms. The number of rotatable bonds is 10. The summed E-state index contributed by atoms with van der Waals surface area (Å²) in [6.07, 6.45) is 0.659. The van der Waals surface area contributed by atoms with Crippen LogP contribution < -0.4 is 25.8 Å². The van der Waals surface area contributed by atoms with E-state index in [2.05, 4.69) is 14.6 Å². The van der Waals surface area contributed by atoms with Crippen LogP contribution in [0.25, 0.3) is 10.8 Å². The minimum atomic E-state index is -4.02. The van der Waals surface area contributed by atoms with Crippen LogP contribution in [0.5, 0.6) is 5.75 Å². The molecule has 1 aliphatic rings. The molecule has 5 N–H and O–H groups in total. The summed E-state index contributed by atoms with van der Waals surface area (Å²) < 4.78 is 34.8. The molecular formula is C27H33ClN6O4S. The number of sulfonamides is 1. The fourth-order valence-corrected chi connectivity index (χ4v) is 6.10. The Morgan fingerprint density at radius 3 is 2.46 bits per heavy atom. The summed E-state index contributed by atoms with van der Waals surface area (Å²) in [6, 6.07) is 16.9. The number of carbonyl (C=O) groups is 1. The van der Waals surface area contributed by atoms with Crippen LogP contribution in [0, 0.1) is 0 Å². The molecule has 0 unspecified atom stereocenters. The van der Waals surface area contributed by atoms with Crippen molar-refractivity contribution >= 4 is 50.0 Å². The summed E-state index contributed by atoms with van der Waals surface area (Å²) in [5, 5.41) is 2.23. The summed E-state index contributed by atoms with van der Waals surface area (Å²) in [6.45, 7) is 2.31. The number of para-hydroxylation sites is 1. The first-order chi connectivity index (χ1) is 18.7. The molecule has 1 fully saturated rings. The Hall–Kier alpha value is -3.54. The van der Waals surface area contributed by atoms with Gasteiger partial charge in [-0.1, -0.05) is 35.9 Å². The van der Waals surface area contributed by atoms with Gasteiger partial charge < -0.3 is 26.0 Å². The first kappa shape index (κ1) is 28.5. The Labute approximate surface area is 233 Å². The summed E-state index contributed by atoms with van der Waals surface area (Å²) in [7, 11) is -2.47. The minimum Gasteiger partial charge on any atom is -0.497 e. The average Bonchev–Trinajstić information content (AvgIpc) is 2.94. The van der Waals surface area contributed by atoms with Gasteiger partial charge in [-0.2, -0.15) is 4.72 Å². The topological polar surface area (TPSA) is 143 Å². The van der Waals surface area contributed by atoms with E-state index in [0.717, 1.165) is 11.1 Å². The lowest BCUT2D eigenvalue weighted by Crippen LogP contribution is -2.55. The highest BCUT2D eigenvalue weighted by molar-refractivity contribution is 7.89. The van der Waals surface area contributed by atoms with E-state index in [0.29, 0.717) is 48.8 Å². The number of carbonyl (C=O) groups excluding carboxylic acids is 1. The Balaban J connectivity index is 1.51. The third kappa shape index (κ3) is 7.11. The molecule has 3 aromatic carbocycles. The molecule has 1 aliphatic heterocycles. The third-order valence-corrected chi connectivity index (χ3v) is 8.44. The van der Waals surface area contributed by atoms with E-state index in [-0.39, 0.29) is 29.7 Å². The second-order valence-corrected chi connectivity index (χ2v) is 11.4. The first-order valence-electron chi connectivity index (χ1n) is 12.6. The van der Waals surface area contributed by atoms with Gasteiger partial charge in [-0.25, -0.2) is 8.42 Å². The van der Waals surface area contributed by atoms with Crippen LogP contribution in [0.1, 0.15) is 12.8 Å². The molecule has 0 saturated carbocycles. The quantitative estimate of drug-likeness (QED) is 0.192. The van der Waals surface area contributed by atoms with Gasteiger partial charge in [0.15, 0.2) is 5.96 Å². The number of halogens is 1. The number of hydrogen-bond acceptors (Lipinski definition) is 6. The zero-order valence-corrected chi connectivity index (χ0v) is 23.3. The lowest BCUT2D eigenvalue weighted by atomic mass is 10.1.